The number of carbonyl (C=O) groups excluding carboxylic acids is 1. The zero-order valence-electron chi connectivity index (χ0n) is 11.7. The van der Waals surface area contributed by atoms with Gasteiger partial charge in [0, 0.05) is 28.0 Å². The number of hydrogen-bond donors (Lipinski definition) is 0. The van der Waals surface area contributed by atoms with Gasteiger partial charge in [-0.3, -0.25) is 4.79 Å². The number of carbonyl (C=O) groups is 1. The third kappa shape index (κ3) is 3.35. The molecule has 0 N–H and O–H groups in total. The van der Waals surface area contributed by atoms with E-state index in [0.29, 0.717) is 13.2 Å². The average molecular weight is 340 g/mol. The van der Waals surface area contributed by atoms with Crippen molar-refractivity contribution in [1.29, 1.82) is 0 Å². The van der Waals surface area contributed by atoms with Gasteiger partial charge in [0.1, 0.15) is 0 Å². The van der Waals surface area contributed by atoms with E-state index in [9.17, 15) is 4.79 Å². The van der Waals surface area contributed by atoms with E-state index in [2.05, 4.69) is 6.07 Å². The maximum atomic E-state index is 10.9. The maximum absolute atomic E-state index is 10.9. The molecule has 0 spiro atoms. The maximum Gasteiger partial charge on any atom is 0.160 e. The number of thiophene rings is 3. The van der Waals surface area contributed by atoms with Crippen LogP contribution in [0.4, 0.5) is 0 Å². The van der Waals surface area contributed by atoms with E-state index in [1.54, 1.807) is 29.8 Å². The highest BCUT2D eigenvalue weighted by atomic mass is 32.1. The summed E-state index contributed by atoms with van der Waals surface area (Å²) in [5.74, 6) is 0. The quantitative estimate of drug-likeness (QED) is 0.444. The van der Waals surface area contributed by atoms with Gasteiger partial charge >= 0.3 is 0 Å². The molecule has 3 rings (SSSR count). The Labute approximate surface area is 135 Å². The molecule has 0 saturated heterocycles. The Balaban J connectivity index is 1.64. The van der Waals surface area contributed by atoms with Crippen LogP contribution in [0.15, 0.2) is 12.1 Å². The highest BCUT2D eigenvalue weighted by Crippen LogP contribution is 2.43. The molecule has 0 bridgehead atoms. The number of rotatable bonds is 8. The van der Waals surface area contributed by atoms with Crippen molar-refractivity contribution in [2.75, 3.05) is 26.9 Å². The lowest BCUT2D eigenvalue weighted by Gasteiger charge is -2.02. The fourth-order valence-electron chi connectivity index (χ4n) is 2.18. The van der Waals surface area contributed by atoms with Crippen molar-refractivity contribution in [3.05, 3.63) is 21.9 Å². The number of methoxy groups -OCH3 is 1. The Bertz CT molecular complexity index is 738. The third-order valence-corrected chi connectivity index (χ3v) is 6.91. The number of aldehydes is 1. The standard InChI is InChI=1S/C15H16O3S3/c1-17-5-6-18-4-2-3-10-7-12-14(19-10)15-13(21-12)8-11(9-16)20-15/h7-9H,2-6H2,1H3. The molecular weight excluding hydrogens is 324 g/mol. The number of ether oxygens (including phenoxy) is 2. The normalized spacial score (nSPS) is 11.7. The first-order valence-corrected chi connectivity index (χ1v) is 9.23. The third-order valence-electron chi connectivity index (χ3n) is 3.15. The summed E-state index contributed by atoms with van der Waals surface area (Å²) in [5.41, 5.74) is 0. The lowest BCUT2D eigenvalue weighted by molar-refractivity contribution is 0.0696. The van der Waals surface area contributed by atoms with Gasteiger partial charge in [-0.1, -0.05) is 0 Å². The van der Waals surface area contributed by atoms with Crippen molar-refractivity contribution < 1.29 is 14.3 Å². The van der Waals surface area contributed by atoms with Crippen LogP contribution >= 0.6 is 34.0 Å². The van der Waals surface area contributed by atoms with Crippen LogP contribution in [0.1, 0.15) is 21.0 Å². The molecule has 0 aromatic carbocycles. The van der Waals surface area contributed by atoms with E-state index in [4.69, 9.17) is 9.47 Å². The number of aryl methyl sites for hydroxylation is 1. The van der Waals surface area contributed by atoms with Gasteiger partial charge in [0.05, 0.1) is 27.5 Å². The Morgan fingerprint density at radius 3 is 2.67 bits per heavy atom. The van der Waals surface area contributed by atoms with Crippen LogP contribution in [-0.2, 0) is 15.9 Å². The zero-order chi connectivity index (χ0) is 14.7. The van der Waals surface area contributed by atoms with E-state index in [1.165, 1.54) is 23.7 Å². The van der Waals surface area contributed by atoms with Crippen molar-refractivity contribution in [1.82, 2.24) is 0 Å². The second kappa shape index (κ2) is 6.98. The molecule has 0 amide bonds. The molecule has 0 fully saturated rings. The minimum atomic E-state index is 0.657. The Hall–Kier alpha value is -0.790. The van der Waals surface area contributed by atoms with E-state index in [-0.39, 0.29) is 0 Å². The van der Waals surface area contributed by atoms with Crippen LogP contribution in [0.5, 0.6) is 0 Å². The van der Waals surface area contributed by atoms with E-state index >= 15 is 0 Å². The molecule has 0 unspecified atom stereocenters. The molecular formula is C15H16O3S3. The zero-order valence-corrected chi connectivity index (χ0v) is 14.2. The Kier molecular flexibility index (Phi) is 5.03. The molecule has 21 heavy (non-hydrogen) atoms. The molecule has 3 heterocycles. The summed E-state index contributed by atoms with van der Waals surface area (Å²) >= 11 is 5.23. The van der Waals surface area contributed by atoms with Crippen LogP contribution in [0.2, 0.25) is 0 Å². The molecule has 3 aromatic rings. The van der Waals surface area contributed by atoms with Gasteiger partial charge in [0.2, 0.25) is 0 Å². The van der Waals surface area contributed by atoms with Gasteiger partial charge in [0.15, 0.2) is 6.29 Å². The van der Waals surface area contributed by atoms with Gasteiger partial charge < -0.3 is 9.47 Å². The van der Waals surface area contributed by atoms with Gasteiger partial charge in [-0.15, -0.1) is 34.0 Å². The molecule has 0 radical (unpaired) electrons. The van der Waals surface area contributed by atoms with Crippen molar-refractivity contribution in [2.45, 2.75) is 12.8 Å². The summed E-state index contributed by atoms with van der Waals surface area (Å²) in [6.07, 6.45) is 3.02. The predicted octanol–water partition coefficient (Wildman–Crippen LogP) is 4.59. The SMILES string of the molecule is COCCOCCCc1cc2sc3cc(C=O)sc3c2s1. The highest BCUT2D eigenvalue weighted by Gasteiger charge is 2.12. The summed E-state index contributed by atoms with van der Waals surface area (Å²) in [6.45, 7) is 2.10. The minimum absolute atomic E-state index is 0.657. The van der Waals surface area contributed by atoms with Crippen molar-refractivity contribution in [3.8, 4) is 0 Å². The molecule has 0 atom stereocenters. The molecule has 3 aromatic heterocycles. The average Bonchev–Trinajstić information content (AvgIpc) is 3.12. The monoisotopic (exact) mass is 340 g/mol. The molecule has 0 saturated carbocycles. The predicted molar refractivity (Wildman–Crippen MR) is 91.5 cm³/mol. The number of fused-ring (bicyclic) bond motifs is 3. The van der Waals surface area contributed by atoms with Crippen LogP contribution in [0.25, 0.3) is 18.8 Å². The molecule has 3 nitrogen and oxygen atoms in total. The van der Waals surface area contributed by atoms with Crippen molar-refractivity contribution in [3.63, 3.8) is 0 Å². The first-order valence-electron chi connectivity index (χ1n) is 6.78. The fraction of sp³-hybridized carbons (Fsp3) is 0.400. The van der Waals surface area contributed by atoms with Crippen LogP contribution in [0, 0.1) is 0 Å². The van der Waals surface area contributed by atoms with Gasteiger partial charge in [-0.2, -0.15) is 0 Å². The van der Waals surface area contributed by atoms with Crippen LogP contribution in [-0.4, -0.2) is 33.2 Å². The summed E-state index contributed by atoms with van der Waals surface area (Å²) in [6, 6.07) is 4.28. The van der Waals surface area contributed by atoms with E-state index in [1.807, 2.05) is 17.4 Å². The number of hydrogen-bond acceptors (Lipinski definition) is 6. The van der Waals surface area contributed by atoms with Crippen LogP contribution < -0.4 is 0 Å². The topological polar surface area (TPSA) is 35.5 Å². The molecule has 0 aliphatic heterocycles. The summed E-state index contributed by atoms with van der Waals surface area (Å²) in [5, 5.41) is 0. The second-order valence-electron chi connectivity index (χ2n) is 4.68. The van der Waals surface area contributed by atoms with Gasteiger partial charge in [-0.05, 0) is 25.0 Å². The summed E-state index contributed by atoms with van der Waals surface area (Å²) in [7, 11) is 1.68. The molecule has 0 aliphatic rings. The van der Waals surface area contributed by atoms with Crippen LogP contribution in [0.3, 0.4) is 0 Å². The Morgan fingerprint density at radius 2 is 1.86 bits per heavy atom. The molecule has 6 heteroatoms. The summed E-state index contributed by atoms with van der Waals surface area (Å²) in [4.78, 5) is 13.1. The first-order chi connectivity index (χ1) is 10.3. The lowest BCUT2D eigenvalue weighted by Crippen LogP contribution is -2.03. The van der Waals surface area contributed by atoms with Gasteiger partial charge in [-0.25, -0.2) is 0 Å². The highest BCUT2D eigenvalue weighted by molar-refractivity contribution is 7.38. The molecule has 0 aliphatic carbocycles. The minimum Gasteiger partial charge on any atom is -0.382 e. The second-order valence-corrected chi connectivity index (χ2v) is 7.98. The van der Waals surface area contributed by atoms with E-state index in [0.717, 1.165) is 30.6 Å². The lowest BCUT2D eigenvalue weighted by atomic mass is 10.3. The van der Waals surface area contributed by atoms with Crippen molar-refractivity contribution in [2.24, 2.45) is 0 Å². The summed E-state index contributed by atoms with van der Waals surface area (Å²) < 4.78 is 15.6. The van der Waals surface area contributed by atoms with E-state index < -0.39 is 0 Å². The largest absolute Gasteiger partial charge is 0.382 e. The Morgan fingerprint density at radius 1 is 1.05 bits per heavy atom. The van der Waals surface area contributed by atoms with Gasteiger partial charge in [0.25, 0.3) is 0 Å². The molecule has 112 valence electrons. The first kappa shape index (κ1) is 15.1. The van der Waals surface area contributed by atoms with Crippen molar-refractivity contribution >= 4 is 59.1 Å². The smallest absolute Gasteiger partial charge is 0.160 e. The fourth-order valence-corrected chi connectivity index (χ4v) is 6.09.